The van der Waals surface area contributed by atoms with E-state index >= 15 is 0 Å². The summed E-state index contributed by atoms with van der Waals surface area (Å²) >= 11 is 1.39. The molecule has 0 radical (unpaired) electrons. The van der Waals surface area contributed by atoms with E-state index in [0.29, 0.717) is 5.00 Å². The van der Waals surface area contributed by atoms with Crippen molar-refractivity contribution in [1.82, 2.24) is 4.98 Å². The summed E-state index contributed by atoms with van der Waals surface area (Å²) in [6.45, 7) is 6.29. The van der Waals surface area contributed by atoms with Gasteiger partial charge < -0.3 is 16.2 Å². The van der Waals surface area contributed by atoms with Crippen LogP contribution in [0.4, 0.5) is 10.1 Å². The van der Waals surface area contributed by atoms with Gasteiger partial charge in [-0.1, -0.05) is 32.1 Å². The second-order valence-corrected chi connectivity index (χ2v) is 5.38. The highest BCUT2D eigenvalue weighted by Crippen LogP contribution is 2.26. The predicted molar refractivity (Wildman–Crippen MR) is 60.5 cm³/mol. The largest absolute Gasteiger partial charge is 0.394 e. The molecule has 4 nitrogen and oxygen atoms in total. The third kappa shape index (κ3) is 2.85. The second kappa shape index (κ2) is 4.14. The fraction of sp³-hybridized carbons (Fsp3) is 0.667. The third-order valence-electron chi connectivity index (χ3n) is 2.05. The fourth-order valence-electron chi connectivity index (χ4n) is 1.04. The maximum atomic E-state index is 9.21. The molecule has 80 valence electrons. The maximum Gasteiger partial charge on any atom is 0.184 e. The monoisotopic (exact) mass is 215 g/mol. The van der Waals surface area contributed by atoms with E-state index in [1.54, 1.807) is 6.20 Å². The Bertz CT molecular complexity index is 292. The van der Waals surface area contributed by atoms with Crippen molar-refractivity contribution in [3.05, 3.63) is 6.20 Å². The summed E-state index contributed by atoms with van der Waals surface area (Å²) in [5.74, 6) is 0. The molecular formula is C9H17N3OS. The van der Waals surface area contributed by atoms with E-state index in [0.717, 1.165) is 5.13 Å². The van der Waals surface area contributed by atoms with Gasteiger partial charge in [-0.2, -0.15) is 0 Å². The van der Waals surface area contributed by atoms with Gasteiger partial charge in [-0.25, -0.2) is 4.98 Å². The van der Waals surface area contributed by atoms with E-state index in [9.17, 15) is 5.11 Å². The molecule has 0 amide bonds. The maximum absolute atomic E-state index is 9.21. The van der Waals surface area contributed by atoms with Crippen LogP contribution in [0.25, 0.3) is 0 Å². The van der Waals surface area contributed by atoms with Gasteiger partial charge >= 0.3 is 0 Å². The molecule has 0 aromatic carbocycles. The molecule has 0 fully saturated rings. The first-order valence-electron chi connectivity index (χ1n) is 4.52. The second-order valence-electron chi connectivity index (χ2n) is 4.31. The van der Waals surface area contributed by atoms with Crippen LogP contribution in [0.5, 0.6) is 0 Å². The van der Waals surface area contributed by atoms with E-state index in [1.807, 2.05) is 0 Å². The van der Waals surface area contributed by atoms with Crippen LogP contribution >= 0.6 is 11.3 Å². The van der Waals surface area contributed by atoms with Gasteiger partial charge in [0.25, 0.3) is 0 Å². The summed E-state index contributed by atoms with van der Waals surface area (Å²) in [5.41, 5.74) is 5.55. The topological polar surface area (TPSA) is 71.2 Å². The number of aliphatic hydroxyl groups is 1. The zero-order chi connectivity index (χ0) is 10.8. The lowest BCUT2D eigenvalue weighted by Gasteiger charge is -2.29. The van der Waals surface area contributed by atoms with Crippen molar-refractivity contribution in [3.8, 4) is 0 Å². The molecule has 0 bridgehead atoms. The number of anilines is 2. The molecule has 14 heavy (non-hydrogen) atoms. The van der Waals surface area contributed by atoms with E-state index < -0.39 is 0 Å². The molecule has 0 aliphatic heterocycles. The summed E-state index contributed by atoms with van der Waals surface area (Å²) in [5, 5.41) is 13.8. The number of nitrogens with zero attached hydrogens (tertiary/aromatic N) is 1. The Morgan fingerprint density at radius 1 is 1.64 bits per heavy atom. The molecule has 5 heteroatoms. The predicted octanol–water partition coefficient (Wildman–Crippen LogP) is 1.54. The van der Waals surface area contributed by atoms with Crippen LogP contribution in [0, 0.1) is 5.41 Å². The minimum absolute atomic E-state index is 0.00478. The van der Waals surface area contributed by atoms with Crippen LogP contribution < -0.4 is 11.1 Å². The Morgan fingerprint density at radius 2 is 2.29 bits per heavy atom. The van der Waals surface area contributed by atoms with Gasteiger partial charge in [0.1, 0.15) is 5.00 Å². The summed E-state index contributed by atoms with van der Waals surface area (Å²) in [6, 6.07) is -0.00644. The van der Waals surface area contributed by atoms with Crippen LogP contribution in [0.15, 0.2) is 6.20 Å². The average molecular weight is 215 g/mol. The highest BCUT2D eigenvalue weighted by atomic mass is 32.1. The van der Waals surface area contributed by atoms with Gasteiger partial charge in [0, 0.05) is 0 Å². The van der Waals surface area contributed by atoms with Crippen LogP contribution in [-0.4, -0.2) is 22.7 Å². The number of aliphatic hydroxyl groups excluding tert-OH is 1. The van der Waals surface area contributed by atoms with E-state index in [-0.39, 0.29) is 18.1 Å². The number of thiazole rings is 1. The van der Waals surface area contributed by atoms with Crippen LogP contribution in [0.1, 0.15) is 20.8 Å². The van der Waals surface area contributed by atoms with Crippen LogP contribution in [0.2, 0.25) is 0 Å². The normalized spacial score (nSPS) is 14.0. The van der Waals surface area contributed by atoms with Crippen molar-refractivity contribution in [2.24, 2.45) is 5.41 Å². The first kappa shape index (κ1) is 11.3. The minimum Gasteiger partial charge on any atom is -0.394 e. The fourth-order valence-corrected chi connectivity index (χ4v) is 1.67. The Morgan fingerprint density at radius 3 is 2.64 bits per heavy atom. The standard InChI is InChI=1S/C9H17N3OS/c1-9(2,3)6(5-13)12-8-11-4-7(10)14-8/h4,6,13H,5,10H2,1-3H3,(H,11,12). The van der Waals surface area contributed by atoms with Crippen molar-refractivity contribution in [2.75, 3.05) is 17.7 Å². The van der Waals surface area contributed by atoms with Gasteiger partial charge in [0.2, 0.25) is 0 Å². The molecular weight excluding hydrogens is 198 g/mol. The lowest BCUT2D eigenvalue weighted by molar-refractivity contribution is 0.202. The van der Waals surface area contributed by atoms with Crippen molar-refractivity contribution in [2.45, 2.75) is 26.8 Å². The SMILES string of the molecule is CC(C)(C)C(CO)Nc1ncc(N)s1. The molecule has 0 aliphatic carbocycles. The van der Waals surface area contributed by atoms with E-state index in [2.05, 4.69) is 31.1 Å². The highest BCUT2D eigenvalue weighted by molar-refractivity contribution is 7.19. The number of hydrogen-bond donors (Lipinski definition) is 3. The average Bonchev–Trinajstić information content (AvgIpc) is 2.45. The third-order valence-corrected chi connectivity index (χ3v) is 2.81. The Labute approximate surface area is 88.2 Å². The number of nitrogens with two attached hydrogens (primary N) is 1. The lowest BCUT2D eigenvalue weighted by Crippen LogP contribution is -2.37. The molecule has 1 atom stereocenters. The molecule has 1 aromatic heterocycles. The number of aromatic nitrogens is 1. The van der Waals surface area contributed by atoms with E-state index in [1.165, 1.54) is 11.3 Å². The van der Waals surface area contributed by atoms with Crippen molar-refractivity contribution in [3.63, 3.8) is 0 Å². The molecule has 0 spiro atoms. The van der Waals surface area contributed by atoms with Crippen molar-refractivity contribution >= 4 is 21.5 Å². The Hall–Kier alpha value is -0.810. The molecule has 0 aliphatic rings. The van der Waals surface area contributed by atoms with E-state index in [4.69, 9.17) is 5.73 Å². The van der Waals surface area contributed by atoms with Crippen LogP contribution in [0.3, 0.4) is 0 Å². The quantitative estimate of drug-likeness (QED) is 0.715. The number of nitrogen functional groups attached to an aromatic ring is 1. The molecule has 4 N–H and O–H groups in total. The molecule has 1 rings (SSSR count). The summed E-state index contributed by atoms with van der Waals surface area (Å²) < 4.78 is 0. The van der Waals surface area contributed by atoms with Crippen LogP contribution in [-0.2, 0) is 0 Å². The van der Waals surface area contributed by atoms with Crippen molar-refractivity contribution < 1.29 is 5.11 Å². The zero-order valence-corrected chi connectivity index (χ0v) is 9.56. The van der Waals surface area contributed by atoms with Gasteiger partial charge in [0.15, 0.2) is 5.13 Å². The number of rotatable bonds is 3. The first-order chi connectivity index (χ1) is 6.43. The summed E-state index contributed by atoms with van der Waals surface area (Å²) in [4.78, 5) is 4.09. The lowest BCUT2D eigenvalue weighted by atomic mass is 9.87. The molecule has 0 saturated carbocycles. The van der Waals surface area contributed by atoms with Gasteiger partial charge in [-0.05, 0) is 5.41 Å². The molecule has 1 aromatic rings. The Balaban J connectivity index is 2.66. The highest BCUT2D eigenvalue weighted by Gasteiger charge is 2.24. The molecule has 1 unspecified atom stereocenters. The smallest absolute Gasteiger partial charge is 0.184 e. The molecule has 1 heterocycles. The summed E-state index contributed by atoms with van der Waals surface area (Å²) in [7, 11) is 0. The number of hydrogen-bond acceptors (Lipinski definition) is 5. The number of nitrogens with one attached hydrogen (secondary N) is 1. The summed E-state index contributed by atoms with van der Waals surface area (Å²) in [6.07, 6.45) is 1.62. The molecule has 0 saturated heterocycles. The van der Waals surface area contributed by atoms with Gasteiger partial charge in [-0.15, -0.1) is 0 Å². The zero-order valence-electron chi connectivity index (χ0n) is 8.74. The Kier molecular flexibility index (Phi) is 3.34. The van der Waals surface area contributed by atoms with Gasteiger partial charge in [0.05, 0.1) is 18.8 Å². The minimum atomic E-state index is -0.00644. The van der Waals surface area contributed by atoms with Gasteiger partial charge in [-0.3, -0.25) is 0 Å². The van der Waals surface area contributed by atoms with Crippen molar-refractivity contribution in [1.29, 1.82) is 0 Å². The first-order valence-corrected chi connectivity index (χ1v) is 5.34.